The number of carbonyl (C=O) groups is 3. The number of hydrogen-bond donors (Lipinski definition) is 3. The Labute approximate surface area is 235 Å². The average molecular weight is 550 g/mol. The summed E-state index contributed by atoms with van der Waals surface area (Å²) in [4.78, 5) is 38.7. The summed E-state index contributed by atoms with van der Waals surface area (Å²) in [5, 5.41) is 8.41. The lowest BCUT2D eigenvalue weighted by atomic mass is 10.0. The molecule has 0 fully saturated rings. The van der Waals surface area contributed by atoms with Crippen LogP contribution in [0.15, 0.2) is 30.3 Å². The Morgan fingerprint density at radius 2 is 1.33 bits per heavy atom. The highest BCUT2D eigenvalue weighted by Gasteiger charge is 2.32. The number of hydrogen-bond acceptors (Lipinski definition) is 6. The van der Waals surface area contributed by atoms with Crippen LogP contribution in [0, 0.1) is 11.8 Å². The minimum Gasteiger partial charge on any atom is -0.445 e. The van der Waals surface area contributed by atoms with Gasteiger partial charge in [-0.2, -0.15) is 0 Å². The quantitative estimate of drug-likeness (QED) is 0.237. The molecule has 39 heavy (non-hydrogen) atoms. The molecular weight excluding hydrogens is 498 g/mol. The maximum absolute atomic E-state index is 13.2. The van der Waals surface area contributed by atoms with Crippen LogP contribution in [0.1, 0.15) is 87.1 Å². The molecule has 0 saturated carbocycles. The Kier molecular flexibility index (Phi) is 15.7. The molecule has 1 rings (SSSR count). The van der Waals surface area contributed by atoms with Crippen molar-refractivity contribution in [2.75, 3.05) is 0 Å². The SMILES string of the molecule is CCC(C)OC(OC(C)CC)C(CC(C)C)NC(=O)[C@H](C)NC(=O)[C@@H](NC(=O)OCc1ccccc1)C(C)C. The topological polar surface area (TPSA) is 115 Å². The number of rotatable bonds is 17. The second kappa shape index (κ2) is 17.8. The Morgan fingerprint density at radius 1 is 0.769 bits per heavy atom. The number of benzene rings is 1. The van der Waals surface area contributed by atoms with E-state index in [2.05, 4.69) is 29.8 Å². The third kappa shape index (κ3) is 13.3. The van der Waals surface area contributed by atoms with E-state index < -0.39 is 36.4 Å². The van der Waals surface area contributed by atoms with Crippen LogP contribution in [0.25, 0.3) is 0 Å². The molecule has 3 unspecified atom stereocenters. The summed E-state index contributed by atoms with van der Waals surface area (Å²) >= 11 is 0. The second-order valence-corrected chi connectivity index (χ2v) is 11.0. The van der Waals surface area contributed by atoms with Gasteiger partial charge in [0.25, 0.3) is 0 Å². The minimum atomic E-state index is -0.870. The molecule has 0 saturated heterocycles. The molecule has 3 N–H and O–H groups in total. The minimum absolute atomic E-state index is 0.0396. The predicted molar refractivity (Wildman–Crippen MR) is 153 cm³/mol. The summed E-state index contributed by atoms with van der Waals surface area (Å²) in [6.45, 7) is 17.5. The molecule has 0 heterocycles. The molecule has 0 aliphatic carbocycles. The number of nitrogens with one attached hydrogen (secondary N) is 3. The molecule has 0 aliphatic heterocycles. The summed E-state index contributed by atoms with van der Waals surface area (Å²) in [5.41, 5.74) is 0.840. The van der Waals surface area contributed by atoms with Crippen molar-refractivity contribution in [1.82, 2.24) is 16.0 Å². The fraction of sp³-hybridized carbons (Fsp3) is 0.700. The maximum atomic E-state index is 13.2. The first-order valence-corrected chi connectivity index (χ1v) is 14.3. The Morgan fingerprint density at radius 3 is 1.82 bits per heavy atom. The number of ether oxygens (including phenoxy) is 3. The molecular formula is C30H51N3O6. The van der Waals surface area contributed by atoms with Gasteiger partial charge in [-0.3, -0.25) is 9.59 Å². The van der Waals surface area contributed by atoms with Crippen LogP contribution in [-0.2, 0) is 30.4 Å². The van der Waals surface area contributed by atoms with Gasteiger partial charge >= 0.3 is 6.09 Å². The average Bonchev–Trinajstić information content (AvgIpc) is 2.89. The molecule has 5 atom stereocenters. The molecule has 1 aromatic rings. The van der Waals surface area contributed by atoms with E-state index in [0.29, 0.717) is 6.42 Å². The van der Waals surface area contributed by atoms with Crippen molar-refractivity contribution in [3.8, 4) is 0 Å². The molecule has 9 nitrogen and oxygen atoms in total. The van der Waals surface area contributed by atoms with Crippen molar-refractivity contribution < 1.29 is 28.6 Å². The third-order valence-electron chi connectivity index (χ3n) is 6.45. The van der Waals surface area contributed by atoms with Gasteiger partial charge in [-0.05, 0) is 57.4 Å². The molecule has 3 amide bonds. The zero-order valence-corrected chi connectivity index (χ0v) is 25.3. The largest absolute Gasteiger partial charge is 0.445 e. The van der Waals surface area contributed by atoms with E-state index >= 15 is 0 Å². The Bertz CT molecular complexity index is 852. The van der Waals surface area contributed by atoms with Crippen LogP contribution < -0.4 is 16.0 Å². The highest BCUT2D eigenvalue weighted by molar-refractivity contribution is 5.91. The van der Waals surface area contributed by atoms with Crippen LogP contribution in [0.2, 0.25) is 0 Å². The summed E-state index contributed by atoms with van der Waals surface area (Å²) in [7, 11) is 0. The lowest BCUT2D eigenvalue weighted by molar-refractivity contribution is -0.205. The lowest BCUT2D eigenvalue weighted by Crippen LogP contribution is -2.57. The van der Waals surface area contributed by atoms with E-state index in [4.69, 9.17) is 14.2 Å². The molecule has 9 heteroatoms. The molecule has 0 radical (unpaired) electrons. The summed E-state index contributed by atoms with van der Waals surface area (Å²) in [5.74, 6) is -0.766. The monoisotopic (exact) mass is 549 g/mol. The Hall–Kier alpha value is -2.65. The molecule has 0 bridgehead atoms. The van der Waals surface area contributed by atoms with E-state index in [1.807, 2.05) is 71.9 Å². The zero-order valence-electron chi connectivity index (χ0n) is 25.3. The first-order chi connectivity index (χ1) is 18.4. The fourth-order valence-electron chi connectivity index (χ4n) is 3.72. The number of amides is 3. The van der Waals surface area contributed by atoms with Gasteiger partial charge in [0.05, 0.1) is 18.2 Å². The van der Waals surface area contributed by atoms with Gasteiger partial charge in [-0.15, -0.1) is 0 Å². The van der Waals surface area contributed by atoms with Gasteiger partial charge in [0.1, 0.15) is 18.7 Å². The molecule has 1 aromatic carbocycles. The summed E-state index contributed by atoms with van der Waals surface area (Å²) < 4.78 is 17.6. The van der Waals surface area contributed by atoms with Gasteiger partial charge in [0.2, 0.25) is 11.8 Å². The molecule has 0 aliphatic rings. The number of carbonyl (C=O) groups excluding carboxylic acids is 3. The lowest BCUT2D eigenvalue weighted by Gasteiger charge is -2.34. The van der Waals surface area contributed by atoms with Crippen LogP contribution in [0.3, 0.4) is 0 Å². The maximum Gasteiger partial charge on any atom is 0.408 e. The van der Waals surface area contributed by atoms with Crippen LogP contribution in [0.4, 0.5) is 4.79 Å². The van der Waals surface area contributed by atoms with E-state index in [9.17, 15) is 14.4 Å². The zero-order chi connectivity index (χ0) is 29.5. The normalized spacial score (nSPS) is 16.1. The molecule has 222 valence electrons. The predicted octanol–water partition coefficient (Wildman–Crippen LogP) is 4.93. The van der Waals surface area contributed by atoms with Crippen molar-refractivity contribution >= 4 is 17.9 Å². The van der Waals surface area contributed by atoms with Crippen LogP contribution in [0.5, 0.6) is 0 Å². The molecule has 0 aromatic heterocycles. The summed E-state index contributed by atoms with van der Waals surface area (Å²) in [6.07, 6.45) is 0.874. The van der Waals surface area contributed by atoms with Gasteiger partial charge < -0.3 is 30.2 Å². The van der Waals surface area contributed by atoms with E-state index in [1.54, 1.807) is 6.92 Å². The number of alkyl carbamates (subject to hydrolysis) is 1. The standard InChI is InChI=1S/C30H51N3O6/c1-10-21(7)38-29(39-22(8)11-2)25(17-19(3)4)32-27(34)23(9)31-28(35)26(20(5)6)33-30(36)37-18-24-15-13-12-14-16-24/h12-16,19-23,25-26,29H,10-11,17-18H2,1-9H3,(H,31,35)(H,32,34)(H,33,36)/t21?,22?,23-,25?,26-,29?/m0/s1. The molecule has 0 spiro atoms. The highest BCUT2D eigenvalue weighted by Crippen LogP contribution is 2.18. The Balaban J connectivity index is 2.85. The highest BCUT2D eigenvalue weighted by atomic mass is 16.7. The smallest absolute Gasteiger partial charge is 0.408 e. The van der Waals surface area contributed by atoms with E-state index in [-0.39, 0.29) is 36.6 Å². The second-order valence-electron chi connectivity index (χ2n) is 11.0. The van der Waals surface area contributed by atoms with Gasteiger partial charge in [-0.25, -0.2) is 4.79 Å². The van der Waals surface area contributed by atoms with Gasteiger partial charge in [0.15, 0.2) is 6.29 Å². The third-order valence-corrected chi connectivity index (χ3v) is 6.45. The van der Waals surface area contributed by atoms with Crippen molar-refractivity contribution in [3.63, 3.8) is 0 Å². The van der Waals surface area contributed by atoms with E-state index in [0.717, 1.165) is 18.4 Å². The van der Waals surface area contributed by atoms with Gasteiger partial charge in [0, 0.05) is 0 Å². The van der Waals surface area contributed by atoms with Crippen LogP contribution in [-0.4, -0.2) is 54.5 Å². The summed E-state index contributed by atoms with van der Waals surface area (Å²) in [6, 6.07) is 7.17. The van der Waals surface area contributed by atoms with Crippen molar-refractivity contribution in [1.29, 1.82) is 0 Å². The van der Waals surface area contributed by atoms with Crippen LogP contribution >= 0.6 is 0 Å². The first-order valence-electron chi connectivity index (χ1n) is 14.3. The van der Waals surface area contributed by atoms with E-state index in [1.165, 1.54) is 0 Å². The van der Waals surface area contributed by atoms with Crippen molar-refractivity contribution in [2.45, 2.75) is 125 Å². The first kappa shape index (κ1) is 34.4. The van der Waals surface area contributed by atoms with Crippen molar-refractivity contribution in [2.24, 2.45) is 11.8 Å². The van der Waals surface area contributed by atoms with Gasteiger partial charge in [-0.1, -0.05) is 71.9 Å². The van der Waals surface area contributed by atoms with Crippen molar-refractivity contribution in [3.05, 3.63) is 35.9 Å². The fourth-order valence-corrected chi connectivity index (χ4v) is 3.72.